The van der Waals surface area contributed by atoms with E-state index in [1.54, 1.807) is 0 Å². The highest BCUT2D eigenvalue weighted by molar-refractivity contribution is 14.1. The number of rotatable bonds is 5. The minimum absolute atomic E-state index is 0.105. The SMILES string of the molecule is O=C(Cc1cccc(I)c1)Nc1ccc(CN2CCOCC2)c(C(F)(F)F)c1. The van der Waals surface area contributed by atoms with Crippen LogP contribution in [-0.2, 0) is 28.7 Å². The Kier molecular flexibility index (Phi) is 6.95. The first-order chi connectivity index (χ1) is 13.3. The summed E-state index contributed by atoms with van der Waals surface area (Å²) in [4.78, 5) is 14.2. The first-order valence-electron chi connectivity index (χ1n) is 8.86. The fraction of sp³-hybridized carbons (Fsp3) is 0.350. The number of morpholine rings is 1. The van der Waals surface area contributed by atoms with Crippen LogP contribution in [0.2, 0.25) is 0 Å². The van der Waals surface area contributed by atoms with Crippen LogP contribution in [0, 0.1) is 3.57 Å². The predicted octanol–water partition coefficient (Wildman–Crippen LogP) is 4.32. The number of nitrogens with zero attached hydrogens (tertiary/aromatic N) is 1. The van der Waals surface area contributed by atoms with Crippen molar-refractivity contribution in [1.82, 2.24) is 4.90 Å². The van der Waals surface area contributed by atoms with Crippen molar-refractivity contribution in [2.75, 3.05) is 31.6 Å². The van der Waals surface area contributed by atoms with Gasteiger partial charge in [0, 0.05) is 28.9 Å². The van der Waals surface area contributed by atoms with Gasteiger partial charge in [0.15, 0.2) is 0 Å². The number of carbonyl (C=O) groups is 1. The number of alkyl halides is 3. The zero-order chi connectivity index (χ0) is 20.1. The van der Waals surface area contributed by atoms with Crippen molar-refractivity contribution >= 4 is 34.2 Å². The summed E-state index contributed by atoms with van der Waals surface area (Å²) in [5.74, 6) is -0.351. The van der Waals surface area contributed by atoms with E-state index in [-0.39, 0.29) is 30.1 Å². The zero-order valence-corrected chi connectivity index (χ0v) is 17.2. The van der Waals surface area contributed by atoms with E-state index >= 15 is 0 Å². The standard InChI is InChI=1S/C20H20F3IN2O2/c21-20(22,23)18-12-17(5-4-15(18)13-26-6-8-28-9-7-26)25-19(27)11-14-2-1-3-16(24)10-14/h1-5,10,12H,6-9,11,13H2,(H,25,27). The normalized spacial score (nSPS) is 15.4. The Morgan fingerprint density at radius 2 is 1.89 bits per heavy atom. The Balaban J connectivity index is 1.73. The Labute approximate surface area is 175 Å². The average Bonchev–Trinajstić information content (AvgIpc) is 2.63. The lowest BCUT2D eigenvalue weighted by molar-refractivity contribution is -0.138. The molecule has 4 nitrogen and oxygen atoms in total. The molecule has 28 heavy (non-hydrogen) atoms. The van der Waals surface area contributed by atoms with Crippen molar-refractivity contribution in [1.29, 1.82) is 0 Å². The van der Waals surface area contributed by atoms with Gasteiger partial charge in [-0.25, -0.2) is 0 Å². The largest absolute Gasteiger partial charge is 0.416 e. The Morgan fingerprint density at radius 3 is 2.57 bits per heavy atom. The maximum atomic E-state index is 13.6. The van der Waals surface area contributed by atoms with E-state index in [0.29, 0.717) is 26.3 Å². The summed E-state index contributed by atoms with van der Waals surface area (Å²) < 4.78 is 46.9. The molecule has 3 rings (SSSR count). The monoisotopic (exact) mass is 504 g/mol. The summed E-state index contributed by atoms with van der Waals surface area (Å²) >= 11 is 2.15. The second-order valence-corrected chi connectivity index (χ2v) is 7.86. The second kappa shape index (κ2) is 9.23. The van der Waals surface area contributed by atoms with Crippen LogP contribution in [-0.4, -0.2) is 37.1 Å². The van der Waals surface area contributed by atoms with Crippen LogP contribution in [0.25, 0.3) is 0 Å². The highest BCUT2D eigenvalue weighted by atomic mass is 127. The third-order valence-corrected chi connectivity index (χ3v) is 5.12. The molecular formula is C20H20F3IN2O2. The van der Waals surface area contributed by atoms with Gasteiger partial charge in [-0.05, 0) is 58.0 Å². The molecular weight excluding hydrogens is 484 g/mol. The molecule has 1 aliphatic rings. The topological polar surface area (TPSA) is 41.6 Å². The van der Waals surface area contributed by atoms with Crippen LogP contribution in [0.5, 0.6) is 0 Å². The third-order valence-electron chi connectivity index (χ3n) is 4.45. The zero-order valence-electron chi connectivity index (χ0n) is 15.1. The number of benzene rings is 2. The summed E-state index contributed by atoms with van der Waals surface area (Å²) in [6.45, 7) is 2.45. The summed E-state index contributed by atoms with van der Waals surface area (Å²) in [5.41, 5.74) is 0.439. The Morgan fingerprint density at radius 1 is 1.14 bits per heavy atom. The smallest absolute Gasteiger partial charge is 0.379 e. The van der Waals surface area contributed by atoms with Gasteiger partial charge in [-0.2, -0.15) is 13.2 Å². The van der Waals surface area contributed by atoms with Crippen molar-refractivity contribution in [2.45, 2.75) is 19.1 Å². The fourth-order valence-electron chi connectivity index (χ4n) is 3.09. The van der Waals surface area contributed by atoms with Crippen LogP contribution in [0.3, 0.4) is 0 Å². The molecule has 8 heteroatoms. The molecule has 0 aromatic heterocycles. The molecule has 150 valence electrons. The van der Waals surface area contributed by atoms with Gasteiger partial charge in [0.05, 0.1) is 25.2 Å². The van der Waals surface area contributed by atoms with Crippen LogP contribution >= 0.6 is 22.6 Å². The average molecular weight is 504 g/mol. The molecule has 0 bridgehead atoms. The molecule has 0 saturated carbocycles. The summed E-state index contributed by atoms with van der Waals surface area (Å²) in [6.07, 6.45) is -4.38. The number of ether oxygens (including phenoxy) is 1. The molecule has 0 aliphatic carbocycles. The summed E-state index contributed by atoms with van der Waals surface area (Å²) in [5, 5.41) is 2.58. The lowest BCUT2D eigenvalue weighted by Gasteiger charge is -2.27. The lowest BCUT2D eigenvalue weighted by Crippen LogP contribution is -2.36. The number of hydrogen-bond donors (Lipinski definition) is 1. The van der Waals surface area contributed by atoms with Crippen LogP contribution < -0.4 is 5.32 Å². The van der Waals surface area contributed by atoms with Crippen LogP contribution in [0.1, 0.15) is 16.7 Å². The van der Waals surface area contributed by atoms with E-state index in [1.807, 2.05) is 29.2 Å². The minimum Gasteiger partial charge on any atom is -0.379 e. The number of hydrogen-bond acceptors (Lipinski definition) is 3. The van der Waals surface area contributed by atoms with Gasteiger partial charge in [-0.15, -0.1) is 0 Å². The molecule has 1 saturated heterocycles. The van der Waals surface area contributed by atoms with Gasteiger partial charge < -0.3 is 10.1 Å². The number of nitrogens with one attached hydrogen (secondary N) is 1. The molecule has 2 aromatic carbocycles. The van der Waals surface area contributed by atoms with E-state index in [1.165, 1.54) is 12.1 Å². The van der Waals surface area contributed by atoms with Gasteiger partial charge in [0.1, 0.15) is 0 Å². The quantitative estimate of drug-likeness (QED) is 0.617. The second-order valence-electron chi connectivity index (χ2n) is 6.61. The third kappa shape index (κ3) is 5.92. The molecule has 0 unspecified atom stereocenters. The van der Waals surface area contributed by atoms with Crippen molar-refractivity contribution in [3.63, 3.8) is 0 Å². The van der Waals surface area contributed by atoms with E-state index < -0.39 is 11.7 Å². The molecule has 0 radical (unpaired) electrons. The van der Waals surface area contributed by atoms with E-state index in [0.717, 1.165) is 15.2 Å². The first kappa shape index (κ1) is 21.1. The number of anilines is 1. The molecule has 0 spiro atoms. The Hall–Kier alpha value is -1.65. The van der Waals surface area contributed by atoms with Gasteiger partial charge in [0.2, 0.25) is 5.91 Å². The predicted molar refractivity (Wildman–Crippen MR) is 109 cm³/mol. The molecule has 1 aliphatic heterocycles. The van der Waals surface area contributed by atoms with Crippen molar-refractivity contribution < 1.29 is 22.7 Å². The van der Waals surface area contributed by atoms with Crippen molar-refractivity contribution in [3.05, 3.63) is 62.7 Å². The number of amides is 1. The van der Waals surface area contributed by atoms with Crippen LogP contribution in [0.4, 0.5) is 18.9 Å². The lowest BCUT2D eigenvalue weighted by atomic mass is 10.0. The summed E-state index contributed by atoms with van der Waals surface area (Å²) in [6, 6.07) is 11.4. The first-order valence-corrected chi connectivity index (χ1v) is 9.93. The molecule has 0 atom stereocenters. The fourth-order valence-corrected chi connectivity index (χ4v) is 3.70. The van der Waals surface area contributed by atoms with Crippen LogP contribution in [0.15, 0.2) is 42.5 Å². The maximum Gasteiger partial charge on any atom is 0.416 e. The van der Waals surface area contributed by atoms with E-state index in [4.69, 9.17) is 4.74 Å². The van der Waals surface area contributed by atoms with Gasteiger partial charge in [-0.1, -0.05) is 18.2 Å². The molecule has 1 amide bonds. The molecule has 1 fully saturated rings. The molecule has 2 aromatic rings. The van der Waals surface area contributed by atoms with Crippen molar-refractivity contribution in [3.8, 4) is 0 Å². The molecule has 1 heterocycles. The molecule has 1 N–H and O–H groups in total. The van der Waals surface area contributed by atoms with E-state index in [2.05, 4.69) is 27.9 Å². The van der Waals surface area contributed by atoms with Gasteiger partial charge in [-0.3, -0.25) is 9.69 Å². The summed E-state index contributed by atoms with van der Waals surface area (Å²) in [7, 11) is 0. The highest BCUT2D eigenvalue weighted by Gasteiger charge is 2.34. The van der Waals surface area contributed by atoms with Gasteiger partial charge >= 0.3 is 6.18 Å². The number of halogens is 4. The maximum absolute atomic E-state index is 13.6. The Bertz CT molecular complexity index is 836. The van der Waals surface area contributed by atoms with Crippen molar-refractivity contribution in [2.24, 2.45) is 0 Å². The highest BCUT2D eigenvalue weighted by Crippen LogP contribution is 2.34. The van der Waals surface area contributed by atoms with E-state index in [9.17, 15) is 18.0 Å². The minimum atomic E-state index is -4.49. The van der Waals surface area contributed by atoms with Gasteiger partial charge in [0.25, 0.3) is 0 Å². The number of carbonyl (C=O) groups excluding carboxylic acids is 1.